The number of carbonyl (C=O) groups excluding carboxylic acids is 3. The molecule has 0 bridgehead atoms. The van der Waals surface area contributed by atoms with Gasteiger partial charge in [-0.3, -0.25) is 4.79 Å². The molecule has 3 atom stereocenters. The molecular weight excluding hydrogens is 893 g/mol. The summed E-state index contributed by atoms with van der Waals surface area (Å²) < 4.78 is 16.6. The summed E-state index contributed by atoms with van der Waals surface area (Å²) >= 11 is 0. The lowest BCUT2D eigenvalue weighted by molar-refractivity contribution is -0.167. The maximum atomic E-state index is 13.1. The van der Waals surface area contributed by atoms with Gasteiger partial charge in [-0.2, -0.15) is 0 Å². The van der Waals surface area contributed by atoms with E-state index in [1.165, 1.54) is 83.5 Å². The number of unbranched alkanes of at least 4 members (excludes halogenated alkanes) is 13. The number of esters is 2. The molecule has 71 heavy (non-hydrogen) atoms. The summed E-state index contributed by atoms with van der Waals surface area (Å²) in [5.74, 6) is 0.742. The molecular formula is C58H78N6O7. The molecule has 0 spiro atoms. The SMILES string of the molecule is CCCCCCCCCCCCCCCCNC(=O)C1CC1c1ccc(-c2[nH]c(-c3ccc(C4=NOC(C(=O)OC(C)(C)C)C4)cc3)nc2-c2ccc(OCC(=O)OC(C)(C)C)cc2)cc1.c1c[nH]cn1. The molecule has 382 valence electrons. The molecule has 3 N–H and O–H groups in total. The first-order valence-electron chi connectivity index (χ1n) is 26.1. The number of nitrogens with one attached hydrogen (secondary N) is 3. The van der Waals surface area contributed by atoms with Crippen molar-refractivity contribution in [1.82, 2.24) is 25.3 Å². The van der Waals surface area contributed by atoms with Gasteiger partial charge < -0.3 is 34.3 Å². The van der Waals surface area contributed by atoms with Crippen LogP contribution >= 0.6 is 0 Å². The maximum absolute atomic E-state index is 13.1. The monoisotopic (exact) mass is 971 g/mol. The zero-order chi connectivity index (χ0) is 50.6. The van der Waals surface area contributed by atoms with Crippen molar-refractivity contribution in [1.29, 1.82) is 0 Å². The molecule has 1 fully saturated rings. The highest BCUT2D eigenvalue weighted by Gasteiger charge is 2.43. The van der Waals surface area contributed by atoms with E-state index in [1.54, 1.807) is 18.7 Å². The van der Waals surface area contributed by atoms with Gasteiger partial charge in [0.2, 0.25) is 12.0 Å². The van der Waals surface area contributed by atoms with Crippen molar-refractivity contribution in [3.05, 3.63) is 103 Å². The molecule has 2 aliphatic rings. The van der Waals surface area contributed by atoms with Crippen LogP contribution in [0.5, 0.6) is 5.75 Å². The highest BCUT2D eigenvalue weighted by atomic mass is 16.7. The fraction of sp³-hybridized carbons (Fsp3) is 0.517. The first-order valence-corrected chi connectivity index (χ1v) is 26.1. The first-order chi connectivity index (χ1) is 34.2. The molecule has 1 aliphatic heterocycles. The van der Waals surface area contributed by atoms with E-state index in [9.17, 15) is 14.4 Å². The summed E-state index contributed by atoms with van der Waals surface area (Å²) in [6.07, 6.45) is 24.0. The zero-order valence-electron chi connectivity index (χ0n) is 43.3. The smallest absolute Gasteiger partial charge is 0.351 e. The zero-order valence-corrected chi connectivity index (χ0v) is 43.3. The predicted molar refractivity (Wildman–Crippen MR) is 281 cm³/mol. The van der Waals surface area contributed by atoms with Crippen LogP contribution < -0.4 is 10.1 Å². The van der Waals surface area contributed by atoms with Crippen LogP contribution in [-0.2, 0) is 28.7 Å². The number of nitrogens with zero attached hydrogens (tertiary/aromatic N) is 3. The van der Waals surface area contributed by atoms with E-state index in [0.29, 0.717) is 23.7 Å². The topological polar surface area (TPSA) is 170 Å². The predicted octanol–water partition coefficient (Wildman–Crippen LogP) is 13.1. The van der Waals surface area contributed by atoms with E-state index in [2.05, 4.69) is 56.6 Å². The number of aromatic nitrogens is 4. The lowest BCUT2D eigenvalue weighted by Gasteiger charge is -2.20. The third kappa shape index (κ3) is 18.1. The lowest BCUT2D eigenvalue weighted by atomic mass is 10.0. The van der Waals surface area contributed by atoms with Crippen LogP contribution in [0.4, 0.5) is 0 Å². The highest BCUT2D eigenvalue weighted by Crippen LogP contribution is 2.48. The third-order valence-electron chi connectivity index (χ3n) is 12.4. The van der Waals surface area contributed by atoms with E-state index >= 15 is 0 Å². The molecule has 0 saturated heterocycles. The summed E-state index contributed by atoms with van der Waals surface area (Å²) in [6, 6.07) is 23.8. The van der Waals surface area contributed by atoms with Gasteiger partial charge >= 0.3 is 11.9 Å². The maximum Gasteiger partial charge on any atom is 0.351 e. The average Bonchev–Trinajstić information content (AvgIpc) is 3.74. The number of ether oxygens (including phenoxy) is 3. The summed E-state index contributed by atoms with van der Waals surface area (Å²) in [6.45, 7) is 13.8. The van der Waals surface area contributed by atoms with Crippen LogP contribution in [0.3, 0.4) is 0 Å². The van der Waals surface area contributed by atoms with Crippen LogP contribution in [0.25, 0.3) is 33.9 Å². The van der Waals surface area contributed by atoms with E-state index in [0.717, 1.165) is 58.6 Å². The van der Waals surface area contributed by atoms with Crippen molar-refractivity contribution in [2.45, 2.75) is 174 Å². The van der Waals surface area contributed by atoms with Gasteiger partial charge in [-0.05, 0) is 95.7 Å². The average molecular weight is 971 g/mol. The van der Waals surface area contributed by atoms with Crippen LogP contribution in [0.15, 0.2) is 96.7 Å². The van der Waals surface area contributed by atoms with E-state index in [4.69, 9.17) is 24.0 Å². The Bertz CT molecular complexity index is 2400. The number of imidazole rings is 2. The Kier molecular flexibility index (Phi) is 20.4. The van der Waals surface area contributed by atoms with Gasteiger partial charge in [0.15, 0.2) is 6.61 Å². The molecule has 0 radical (unpaired) electrons. The van der Waals surface area contributed by atoms with Crippen molar-refractivity contribution < 1.29 is 33.4 Å². The van der Waals surface area contributed by atoms with Gasteiger partial charge in [-0.15, -0.1) is 0 Å². The van der Waals surface area contributed by atoms with E-state index < -0.39 is 29.2 Å². The fourth-order valence-corrected chi connectivity index (χ4v) is 8.64. The molecule has 2 aromatic heterocycles. The van der Waals surface area contributed by atoms with Crippen LogP contribution in [0, 0.1) is 5.92 Å². The number of amides is 1. The van der Waals surface area contributed by atoms with Crippen LogP contribution in [-0.4, -0.2) is 74.0 Å². The quantitative estimate of drug-likeness (QED) is 0.0380. The second-order valence-electron chi connectivity index (χ2n) is 20.9. The normalized spacial score (nSPS) is 16.3. The number of aromatic amines is 2. The highest BCUT2D eigenvalue weighted by molar-refractivity contribution is 6.03. The lowest BCUT2D eigenvalue weighted by Crippen LogP contribution is -2.32. The number of benzene rings is 3. The fourth-order valence-electron chi connectivity index (χ4n) is 8.64. The third-order valence-corrected chi connectivity index (χ3v) is 12.4. The Morgan fingerprint density at radius 3 is 1.85 bits per heavy atom. The van der Waals surface area contributed by atoms with Crippen molar-refractivity contribution in [2.24, 2.45) is 11.1 Å². The number of hydrogen-bond donors (Lipinski definition) is 3. The number of carbonyl (C=O) groups is 3. The summed E-state index contributed by atoms with van der Waals surface area (Å²) in [4.78, 5) is 58.6. The number of H-pyrrole nitrogens is 2. The van der Waals surface area contributed by atoms with Crippen molar-refractivity contribution >= 4 is 23.6 Å². The van der Waals surface area contributed by atoms with E-state index in [1.807, 2.05) is 90.1 Å². The summed E-state index contributed by atoms with van der Waals surface area (Å²) in [5.41, 5.74) is 5.74. The Labute approximate surface area is 421 Å². The molecule has 1 amide bonds. The number of oxime groups is 1. The Hall–Kier alpha value is -6.24. The first kappa shape index (κ1) is 54.1. The minimum Gasteiger partial charge on any atom is -0.482 e. The number of hydrogen-bond acceptors (Lipinski definition) is 10. The van der Waals surface area contributed by atoms with E-state index in [-0.39, 0.29) is 24.3 Å². The standard InChI is InChI=1S/C55H74N4O7.C3H4N2/c1-8-9-10-11-12-13-14-15-16-17-18-19-20-21-34-56-52(61)45-35-44(45)38-22-26-40(27-23-38)49-50(41-30-32-43(33-31-41)63-37-48(60)64-54(2,3)4)58-51(57-49)42-28-24-39(25-29-42)46-36-47(66-59-46)53(62)65-55(5,6)7;1-2-5-3-4-1/h22-33,44-45,47H,8-21,34-37H2,1-7H3,(H,56,61)(H,57,58);1-3H,(H,4,5). The second kappa shape index (κ2) is 26.8. The molecule has 1 saturated carbocycles. The van der Waals surface area contributed by atoms with Crippen molar-refractivity contribution in [3.8, 4) is 39.7 Å². The second-order valence-corrected chi connectivity index (χ2v) is 20.9. The van der Waals surface area contributed by atoms with Crippen LogP contribution in [0.1, 0.15) is 168 Å². The molecule has 3 aromatic carbocycles. The van der Waals surface area contributed by atoms with Gasteiger partial charge in [-0.1, -0.05) is 144 Å². The van der Waals surface area contributed by atoms with Gasteiger partial charge in [0.25, 0.3) is 0 Å². The molecule has 13 heteroatoms. The minimum absolute atomic E-state index is 0.0146. The summed E-state index contributed by atoms with van der Waals surface area (Å²) in [7, 11) is 0. The van der Waals surface area contributed by atoms with Crippen molar-refractivity contribution in [3.63, 3.8) is 0 Å². The minimum atomic E-state index is -0.777. The largest absolute Gasteiger partial charge is 0.482 e. The Morgan fingerprint density at radius 1 is 0.704 bits per heavy atom. The van der Waals surface area contributed by atoms with Gasteiger partial charge in [-0.25, -0.2) is 19.6 Å². The Morgan fingerprint density at radius 2 is 1.28 bits per heavy atom. The van der Waals surface area contributed by atoms with Gasteiger partial charge in [0.1, 0.15) is 22.8 Å². The molecule has 3 heterocycles. The molecule has 5 aromatic rings. The molecule has 1 aliphatic carbocycles. The van der Waals surface area contributed by atoms with Gasteiger partial charge in [0.05, 0.1) is 23.4 Å². The van der Waals surface area contributed by atoms with Crippen molar-refractivity contribution in [2.75, 3.05) is 13.2 Å². The Balaban J connectivity index is 0.00000155. The molecule has 3 unspecified atom stereocenters. The number of rotatable bonds is 25. The molecule has 7 rings (SSSR count). The summed E-state index contributed by atoms with van der Waals surface area (Å²) in [5, 5.41) is 7.41. The van der Waals surface area contributed by atoms with Crippen LogP contribution in [0.2, 0.25) is 0 Å². The van der Waals surface area contributed by atoms with Gasteiger partial charge in [0, 0.05) is 48.0 Å². The molecule has 13 nitrogen and oxygen atoms in total.